The highest BCUT2D eigenvalue weighted by Crippen LogP contribution is 2.50. The molecule has 2 fully saturated rings. The summed E-state index contributed by atoms with van der Waals surface area (Å²) in [6, 6.07) is 10.3. The van der Waals surface area contributed by atoms with E-state index in [4.69, 9.17) is 9.51 Å². The molecule has 37 heavy (non-hydrogen) atoms. The Balaban J connectivity index is 1.46. The van der Waals surface area contributed by atoms with Gasteiger partial charge in [-0.15, -0.1) is 0 Å². The average molecular weight is 504 g/mol. The highest BCUT2D eigenvalue weighted by atomic mass is 16.5. The van der Waals surface area contributed by atoms with Crippen LogP contribution in [0.2, 0.25) is 0 Å². The van der Waals surface area contributed by atoms with Crippen LogP contribution in [0.3, 0.4) is 0 Å². The molecule has 1 N–H and O–H groups in total. The lowest BCUT2D eigenvalue weighted by molar-refractivity contribution is -0.129. The van der Waals surface area contributed by atoms with Crippen molar-refractivity contribution < 1.29 is 14.4 Å². The van der Waals surface area contributed by atoms with Gasteiger partial charge in [-0.25, -0.2) is 0 Å². The fraction of sp³-hybridized carbons (Fsp3) is 0.517. The second-order valence-corrected chi connectivity index (χ2v) is 11.4. The summed E-state index contributed by atoms with van der Waals surface area (Å²) in [6.07, 6.45) is 5.07. The maximum absolute atomic E-state index is 12.5. The van der Waals surface area contributed by atoms with Crippen LogP contribution in [-0.2, 0) is 10.4 Å². The lowest BCUT2D eigenvalue weighted by Crippen LogP contribution is -2.63. The lowest BCUT2D eigenvalue weighted by atomic mass is 9.62. The average Bonchev–Trinajstić information content (AvgIpc) is 3.38. The van der Waals surface area contributed by atoms with Crippen LogP contribution in [0.15, 0.2) is 47.2 Å². The summed E-state index contributed by atoms with van der Waals surface area (Å²) in [5, 5.41) is 16.7. The van der Waals surface area contributed by atoms with Gasteiger partial charge in [-0.05, 0) is 43.0 Å². The van der Waals surface area contributed by atoms with Crippen molar-refractivity contribution in [1.82, 2.24) is 24.9 Å². The molecule has 0 bridgehead atoms. The predicted octanol–water partition coefficient (Wildman–Crippen LogP) is 4.17. The van der Waals surface area contributed by atoms with E-state index in [0.717, 1.165) is 37.1 Å². The van der Waals surface area contributed by atoms with Gasteiger partial charge in [0.1, 0.15) is 5.60 Å². The highest BCUT2D eigenvalue weighted by molar-refractivity contribution is 5.73. The van der Waals surface area contributed by atoms with Crippen LogP contribution in [0, 0.1) is 5.41 Å². The number of aromatic nitrogens is 3. The number of carbonyl (C=O) groups excluding carboxylic acids is 1. The van der Waals surface area contributed by atoms with Crippen molar-refractivity contribution in [3.8, 4) is 11.4 Å². The SMILES string of the molecule is CC(=O)N1CCC(c2nc(-c3cncc([C@@](O)(c4ccc(C(C)C)cc4)C4(C)CN(C)C4)c3)no2)CC1. The first kappa shape index (κ1) is 25.5. The van der Waals surface area contributed by atoms with Gasteiger partial charge in [-0.3, -0.25) is 9.78 Å². The minimum absolute atomic E-state index is 0.102. The number of pyridine rings is 1. The van der Waals surface area contributed by atoms with Crippen LogP contribution in [0.1, 0.15) is 75.0 Å². The monoisotopic (exact) mass is 503 g/mol. The van der Waals surface area contributed by atoms with Gasteiger partial charge in [-0.1, -0.05) is 50.2 Å². The molecule has 2 aliphatic heterocycles. The molecule has 0 spiro atoms. The molecule has 8 heteroatoms. The molecule has 1 atom stereocenters. The molecule has 196 valence electrons. The standard InChI is InChI=1S/C29H37N5O3/c1-19(2)21-6-8-24(9-7-21)29(36,28(4)17-33(5)18-28)25-14-23(15-30-16-25)26-31-27(37-32-26)22-10-12-34(13-11-22)20(3)35/h6-9,14-16,19,22,36H,10-13,17-18H2,1-5H3/t29-/m0/s1. The Morgan fingerprint density at radius 2 is 1.81 bits per heavy atom. The third kappa shape index (κ3) is 4.57. The van der Waals surface area contributed by atoms with Gasteiger partial charge in [0.25, 0.3) is 0 Å². The van der Waals surface area contributed by atoms with Gasteiger partial charge in [0.15, 0.2) is 0 Å². The molecule has 3 aromatic rings. The normalized spacial score (nSPS) is 20.0. The Morgan fingerprint density at radius 3 is 2.41 bits per heavy atom. The van der Waals surface area contributed by atoms with Crippen molar-refractivity contribution >= 4 is 5.91 Å². The van der Waals surface area contributed by atoms with Crippen molar-refractivity contribution in [3.05, 3.63) is 65.3 Å². The van der Waals surface area contributed by atoms with Gasteiger partial charge < -0.3 is 19.4 Å². The van der Waals surface area contributed by atoms with E-state index in [1.807, 2.05) is 23.1 Å². The predicted molar refractivity (Wildman–Crippen MR) is 141 cm³/mol. The van der Waals surface area contributed by atoms with E-state index >= 15 is 0 Å². The third-order valence-electron chi connectivity index (χ3n) is 8.25. The number of hydrogen-bond donors (Lipinski definition) is 1. The van der Waals surface area contributed by atoms with Crippen molar-refractivity contribution in [2.75, 3.05) is 33.2 Å². The number of nitrogens with zero attached hydrogens (tertiary/aromatic N) is 5. The zero-order valence-corrected chi connectivity index (χ0v) is 22.4. The van der Waals surface area contributed by atoms with Crippen molar-refractivity contribution in [3.63, 3.8) is 0 Å². The van der Waals surface area contributed by atoms with E-state index in [1.165, 1.54) is 5.56 Å². The number of piperidine rings is 1. The summed E-state index contributed by atoms with van der Waals surface area (Å²) in [5.41, 5.74) is 1.92. The molecule has 8 nitrogen and oxygen atoms in total. The van der Waals surface area contributed by atoms with Gasteiger partial charge >= 0.3 is 0 Å². The molecule has 1 amide bonds. The first-order valence-corrected chi connectivity index (χ1v) is 13.2. The molecule has 1 aromatic carbocycles. The summed E-state index contributed by atoms with van der Waals surface area (Å²) < 4.78 is 5.65. The minimum atomic E-state index is -1.23. The highest BCUT2D eigenvalue weighted by Gasteiger charge is 2.55. The van der Waals surface area contributed by atoms with E-state index in [9.17, 15) is 9.90 Å². The number of hydrogen-bond acceptors (Lipinski definition) is 7. The van der Waals surface area contributed by atoms with Crippen LogP contribution in [0.5, 0.6) is 0 Å². The van der Waals surface area contributed by atoms with Gasteiger partial charge in [0, 0.05) is 68.0 Å². The Kier molecular flexibility index (Phi) is 6.66. The zero-order chi connectivity index (χ0) is 26.4. The van der Waals surface area contributed by atoms with E-state index in [2.05, 4.69) is 55.0 Å². The largest absolute Gasteiger partial charge is 0.380 e. The Labute approximate surface area is 218 Å². The maximum Gasteiger partial charge on any atom is 0.230 e. The molecule has 5 rings (SSSR count). The van der Waals surface area contributed by atoms with E-state index in [1.54, 1.807) is 19.3 Å². The number of benzene rings is 1. The van der Waals surface area contributed by atoms with Crippen LogP contribution >= 0.6 is 0 Å². The molecule has 2 aromatic heterocycles. The summed E-state index contributed by atoms with van der Waals surface area (Å²) in [7, 11) is 2.07. The Hall–Kier alpha value is -3.10. The van der Waals surface area contributed by atoms with Gasteiger partial charge in [0.05, 0.1) is 0 Å². The molecule has 4 heterocycles. The smallest absolute Gasteiger partial charge is 0.230 e. The number of carbonyl (C=O) groups is 1. The molecular formula is C29H37N5O3. The fourth-order valence-corrected chi connectivity index (χ4v) is 6.07. The second-order valence-electron chi connectivity index (χ2n) is 11.4. The van der Waals surface area contributed by atoms with E-state index < -0.39 is 5.60 Å². The summed E-state index contributed by atoms with van der Waals surface area (Å²) >= 11 is 0. The molecule has 2 aliphatic rings. The lowest BCUT2D eigenvalue weighted by Gasteiger charge is -2.55. The Bertz CT molecular complexity index is 1260. The number of aliphatic hydroxyl groups is 1. The Morgan fingerprint density at radius 1 is 1.14 bits per heavy atom. The zero-order valence-electron chi connectivity index (χ0n) is 22.4. The molecule has 0 aliphatic carbocycles. The third-order valence-corrected chi connectivity index (χ3v) is 8.25. The molecule has 2 saturated heterocycles. The second kappa shape index (κ2) is 9.65. The van der Waals surface area contributed by atoms with Crippen LogP contribution in [0.25, 0.3) is 11.4 Å². The number of likely N-dealkylation sites (tertiary alicyclic amines) is 2. The van der Waals surface area contributed by atoms with Crippen molar-refractivity contribution in [1.29, 1.82) is 0 Å². The molecule has 0 unspecified atom stereocenters. The quantitative estimate of drug-likeness (QED) is 0.539. The maximum atomic E-state index is 12.5. The summed E-state index contributed by atoms with van der Waals surface area (Å²) in [6.45, 7) is 11.0. The van der Waals surface area contributed by atoms with Crippen LogP contribution < -0.4 is 0 Å². The summed E-state index contributed by atoms with van der Waals surface area (Å²) in [5.74, 6) is 1.71. The summed E-state index contributed by atoms with van der Waals surface area (Å²) in [4.78, 5) is 24.9. The minimum Gasteiger partial charge on any atom is -0.380 e. The van der Waals surface area contributed by atoms with Gasteiger partial charge in [0.2, 0.25) is 17.6 Å². The van der Waals surface area contributed by atoms with E-state index in [0.29, 0.717) is 36.3 Å². The van der Waals surface area contributed by atoms with Crippen LogP contribution in [0.4, 0.5) is 0 Å². The first-order valence-electron chi connectivity index (χ1n) is 13.2. The van der Waals surface area contributed by atoms with E-state index in [-0.39, 0.29) is 17.2 Å². The molecular weight excluding hydrogens is 466 g/mol. The fourth-order valence-electron chi connectivity index (χ4n) is 6.07. The van der Waals surface area contributed by atoms with Crippen molar-refractivity contribution in [2.24, 2.45) is 5.41 Å². The van der Waals surface area contributed by atoms with Crippen LogP contribution in [-0.4, -0.2) is 69.2 Å². The number of amides is 1. The molecule has 0 radical (unpaired) electrons. The van der Waals surface area contributed by atoms with Gasteiger partial charge in [-0.2, -0.15) is 4.98 Å². The number of rotatable bonds is 6. The van der Waals surface area contributed by atoms with Crippen molar-refractivity contribution in [2.45, 2.75) is 58.0 Å². The first-order chi connectivity index (χ1) is 17.6. The topological polar surface area (TPSA) is 95.6 Å². The molecule has 0 saturated carbocycles.